The number of halogens is 8. The first-order valence-corrected chi connectivity index (χ1v) is 13.8. The van der Waals surface area contributed by atoms with Gasteiger partial charge in [-0.1, -0.05) is 18.2 Å². The summed E-state index contributed by atoms with van der Waals surface area (Å²) >= 11 is 0. The van der Waals surface area contributed by atoms with Gasteiger partial charge in [0.1, 0.15) is 10.6 Å². The van der Waals surface area contributed by atoms with Crippen LogP contribution in [0.3, 0.4) is 0 Å². The number of amides is 1. The second kappa shape index (κ2) is 9.97. The van der Waals surface area contributed by atoms with Crippen molar-refractivity contribution in [2.24, 2.45) is 11.8 Å². The lowest BCUT2D eigenvalue weighted by Gasteiger charge is -2.42. The fourth-order valence-electron chi connectivity index (χ4n) is 6.09. The largest absolute Gasteiger partial charge is 0.435 e. The average Bonchev–Trinajstić information content (AvgIpc) is 3.28. The van der Waals surface area contributed by atoms with E-state index in [1.165, 1.54) is 6.92 Å². The van der Waals surface area contributed by atoms with Crippen LogP contribution in [0.4, 0.5) is 35.1 Å². The highest BCUT2D eigenvalue weighted by molar-refractivity contribution is 7.92. The molecule has 0 aromatic heterocycles. The maximum absolute atomic E-state index is 14.9. The number of aliphatic hydroxyl groups excluding tert-OH is 1. The molecule has 0 heterocycles. The van der Waals surface area contributed by atoms with Crippen LogP contribution in [0.25, 0.3) is 0 Å². The molecule has 2 aliphatic carbocycles. The molecule has 4 rings (SSSR count). The van der Waals surface area contributed by atoms with Crippen LogP contribution in [0.2, 0.25) is 0 Å². The van der Waals surface area contributed by atoms with Crippen molar-refractivity contribution in [1.82, 2.24) is 5.32 Å². The van der Waals surface area contributed by atoms with Crippen molar-refractivity contribution in [3.63, 3.8) is 0 Å². The predicted octanol–water partition coefficient (Wildman–Crippen LogP) is 5.25. The van der Waals surface area contributed by atoms with E-state index in [0.717, 1.165) is 30.3 Å². The van der Waals surface area contributed by atoms with Gasteiger partial charge in [0.15, 0.2) is 9.84 Å². The number of aryl methyl sites for hydroxylation is 1. The first-order chi connectivity index (χ1) is 18.4. The van der Waals surface area contributed by atoms with Gasteiger partial charge in [-0.15, -0.1) is 0 Å². The van der Waals surface area contributed by atoms with Crippen molar-refractivity contribution in [2.45, 2.75) is 66.3 Å². The van der Waals surface area contributed by atoms with Crippen LogP contribution < -0.4 is 5.32 Å². The maximum Gasteiger partial charge on any atom is 0.435 e. The second-order valence-corrected chi connectivity index (χ2v) is 12.5. The fraction of sp³-hybridized carbons (Fsp3) is 0.500. The van der Waals surface area contributed by atoms with E-state index in [1.807, 2.05) is 0 Å². The van der Waals surface area contributed by atoms with Crippen LogP contribution in [0.15, 0.2) is 47.4 Å². The molecule has 0 aliphatic heterocycles. The van der Waals surface area contributed by atoms with Crippen molar-refractivity contribution in [1.29, 1.82) is 0 Å². The van der Waals surface area contributed by atoms with Gasteiger partial charge in [0.2, 0.25) is 5.91 Å². The maximum atomic E-state index is 14.9. The number of carbonyl (C=O) groups excluding carboxylic acids is 1. The smallest absolute Gasteiger partial charge is 0.394 e. The number of sulfone groups is 1. The van der Waals surface area contributed by atoms with E-state index in [9.17, 15) is 53.4 Å². The second-order valence-electron chi connectivity index (χ2n) is 10.3. The molecular weight excluding hydrogens is 574 g/mol. The molecule has 1 saturated carbocycles. The summed E-state index contributed by atoms with van der Waals surface area (Å²) in [5.74, 6) is -3.21. The number of nitrogens with one attached hydrogen (secondary N) is 1. The molecule has 2 aromatic carbocycles. The average molecular weight is 600 g/mol. The summed E-state index contributed by atoms with van der Waals surface area (Å²) in [5, 5.41) is 11.9. The predicted molar refractivity (Wildman–Crippen MR) is 126 cm³/mol. The fourth-order valence-corrected chi connectivity index (χ4v) is 8.56. The van der Waals surface area contributed by atoms with Gasteiger partial charge in [-0.2, -0.15) is 26.3 Å². The van der Waals surface area contributed by atoms with Crippen molar-refractivity contribution >= 4 is 15.7 Å². The molecule has 0 saturated heterocycles. The third kappa shape index (κ3) is 4.47. The molecule has 2 N–H and O–H groups in total. The lowest BCUT2D eigenvalue weighted by molar-refractivity contribution is -0.348. The van der Waals surface area contributed by atoms with E-state index in [4.69, 9.17) is 0 Å². The van der Waals surface area contributed by atoms with Crippen molar-refractivity contribution in [3.05, 3.63) is 65.0 Å². The Bertz CT molecular complexity index is 1380. The van der Waals surface area contributed by atoms with E-state index in [0.29, 0.717) is 6.07 Å². The van der Waals surface area contributed by atoms with Crippen molar-refractivity contribution in [2.75, 3.05) is 6.61 Å². The van der Waals surface area contributed by atoms with E-state index in [2.05, 4.69) is 5.32 Å². The Morgan fingerprint density at radius 2 is 1.62 bits per heavy atom. The summed E-state index contributed by atoms with van der Waals surface area (Å²) < 4.78 is 135. The van der Waals surface area contributed by atoms with Gasteiger partial charge < -0.3 is 10.4 Å². The number of benzene rings is 2. The lowest BCUT2D eigenvalue weighted by atomic mass is 9.72. The normalized spacial score (nSPS) is 24.2. The van der Waals surface area contributed by atoms with E-state index < -0.39 is 74.4 Å². The minimum atomic E-state index is -6.35. The Kier molecular flexibility index (Phi) is 7.53. The van der Waals surface area contributed by atoms with Gasteiger partial charge >= 0.3 is 18.0 Å². The molecule has 0 bridgehead atoms. The molecule has 1 fully saturated rings. The zero-order chi connectivity index (χ0) is 29.9. The highest BCUT2D eigenvalue weighted by Crippen LogP contribution is 2.60. The van der Waals surface area contributed by atoms with Gasteiger partial charge in [-0.3, -0.25) is 4.79 Å². The van der Waals surface area contributed by atoms with Crippen molar-refractivity contribution < 1.29 is 53.4 Å². The molecule has 1 amide bonds. The van der Waals surface area contributed by atoms with Crippen LogP contribution in [-0.4, -0.2) is 44.4 Å². The van der Waals surface area contributed by atoms with Crippen LogP contribution in [-0.2, 0) is 31.5 Å². The van der Waals surface area contributed by atoms with Gasteiger partial charge in [-0.05, 0) is 73.9 Å². The van der Waals surface area contributed by atoms with E-state index >= 15 is 0 Å². The molecule has 220 valence electrons. The zero-order valence-electron chi connectivity index (χ0n) is 20.9. The number of hydrogen-bond donors (Lipinski definition) is 2. The monoisotopic (exact) mass is 599 g/mol. The molecule has 14 heteroatoms. The zero-order valence-corrected chi connectivity index (χ0v) is 21.7. The summed E-state index contributed by atoms with van der Waals surface area (Å²) in [4.78, 5) is 12.7. The standard InChI is InChI=1S/C26H25F8NO4S/c1-14(13-36)35-22(37)19-10-11-23(40(38,39)18-6-4-17(27)5-7-18)20-9-3-16(12-15(20)2-8-21(19)23)24(28,25(29,30)31)26(32,33)34/h3-7,9,12,14,19,21,36H,2,8,10-11,13H2,1H3,(H,35,37)/t14-,19+,21-,23+/m0/s1. The molecule has 0 unspecified atom stereocenters. The van der Waals surface area contributed by atoms with Crippen LogP contribution >= 0.6 is 0 Å². The first kappa shape index (κ1) is 30.2. The molecule has 4 atom stereocenters. The minimum Gasteiger partial charge on any atom is -0.394 e. The van der Waals surface area contributed by atoms with E-state index in [-0.39, 0.29) is 47.8 Å². The Morgan fingerprint density at radius 3 is 2.17 bits per heavy atom. The highest BCUT2D eigenvalue weighted by Gasteiger charge is 2.73. The minimum absolute atomic E-state index is 0.00554. The van der Waals surface area contributed by atoms with E-state index in [1.54, 1.807) is 0 Å². The topological polar surface area (TPSA) is 83.5 Å². The van der Waals surface area contributed by atoms with Gasteiger partial charge in [0, 0.05) is 17.5 Å². The van der Waals surface area contributed by atoms with Gasteiger partial charge in [-0.25, -0.2) is 17.2 Å². The molecular formula is C26H25F8NO4S. The molecule has 5 nitrogen and oxygen atoms in total. The quantitative estimate of drug-likeness (QED) is 0.351. The Labute approximate surface area is 224 Å². The number of hydrogen-bond acceptors (Lipinski definition) is 4. The Balaban J connectivity index is 1.92. The summed E-state index contributed by atoms with van der Waals surface area (Å²) in [6, 6.07) is 4.52. The first-order valence-electron chi connectivity index (χ1n) is 12.3. The number of aliphatic hydroxyl groups is 1. The number of alkyl halides is 7. The summed E-state index contributed by atoms with van der Waals surface area (Å²) in [6.07, 6.45) is -13.3. The van der Waals surface area contributed by atoms with Crippen LogP contribution in [0.1, 0.15) is 42.9 Å². The van der Waals surface area contributed by atoms with Crippen LogP contribution in [0.5, 0.6) is 0 Å². The van der Waals surface area contributed by atoms with Crippen LogP contribution in [0, 0.1) is 17.7 Å². The van der Waals surface area contributed by atoms with Crippen molar-refractivity contribution in [3.8, 4) is 0 Å². The number of carbonyl (C=O) groups is 1. The summed E-state index contributed by atoms with van der Waals surface area (Å²) in [6.45, 7) is 1.11. The number of rotatable bonds is 6. The molecule has 0 radical (unpaired) electrons. The SMILES string of the molecule is C[C@@H](CO)NC(=O)[C@@H]1CC[C@@]2(S(=O)(=O)c3ccc(F)cc3)c3ccc(C(F)(C(F)(F)F)C(F)(F)F)cc3CC[C@@H]12. The van der Waals surface area contributed by atoms with Gasteiger partial charge in [0.05, 0.1) is 11.5 Å². The molecule has 40 heavy (non-hydrogen) atoms. The highest BCUT2D eigenvalue weighted by atomic mass is 32.2. The molecule has 2 aliphatic rings. The summed E-state index contributed by atoms with van der Waals surface area (Å²) in [5.41, 5.74) is -7.79. The molecule has 0 spiro atoms. The van der Waals surface area contributed by atoms with Gasteiger partial charge in [0.25, 0.3) is 0 Å². The lowest BCUT2D eigenvalue weighted by Crippen LogP contribution is -2.51. The summed E-state index contributed by atoms with van der Waals surface area (Å²) in [7, 11) is -4.53. The number of fused-ring (bicyclic) bond motifs is 3. The Hall–Kier alpha value is -2.74. The Morgan fingerprint density at radius 1 is 1.02 bits per heavy atom. The third-order valence-electron chi connectivity index (χ3n) is 7.98. The molecule has 2 aromatic rings. The third-order valence-corrected chi connectivity index (χ3v) is 10.6.